The molecule has 9 heteroatoms. The predicted molar refractivity (Wildman–Crippen MR) is 107 cm³/mol. The smallest absolute Gasteiger partial charge is 0.276 e. The SMILES string of the molecule is CCN(CC)c1ccc(NN=C2S(=O)(=O)c3ccc(C)cc3S2(=O)=O)cc1. The molecule has 0 bridgehead atoms. The van der Waals surface area contributed by atoms with Crippen LogP contribution in [-0.2, 0) is 19.7 Å². The van der Waals surface area contributed by atoms with Crippen molar-refractivity contribution in [3.05, 3.63) is 48.0 Å². The van der Waals surface area contributed by atoms with Gasteiger partial charge in [-0.05, 0) is 62.7 Å². The Labute approximate surface area is 159 Å². The van der Waals surface area contributed by atoms with E-state index in [0.29, 0.717) is 11.3 Å². The zero-order valence-corrected chi connectivity index (χ0v) is 16.9. The zero-order chi connectivity index (χ0) is 19.8. The van der Waals surface area contributed by atoms with Gasteiger partial charge in [-0.2, -0.15) is 5.10 Å². The third kappa shape index (κ3) is 3.32. The van der Waals surface area contributed by atoms with Crippen molar-refractivity contribution in [2.45, 2.75) is 30.6 Å². The van der Waals surface area contributed by atoms with Crippen LogP contribution in [0.3, 0.4) is 0 Å². The number of sulfone groups is 2. The van der Waals surface area contributed by atoms with E-state index in [1.54, 1.807) is 25.1 Å². The number of fused-ring (bicyclic) bond motifs is 1. The largest absolute Gasteiger partial charge is 0.372 e. The summed E-state index contributed by atoms with van der Waals surface area (Å²) in [4.78, 5) is 1.70. The van der Waals surface area contributed by atoms with Crippen LogP contribution in [0.15, 0.2) is 57.4 Å². The first kappa shape index (κ1) is 19.4. The van der Waals surface area contributed by atoms with Crippen LogP contribution in [0.1, 0.15) is 19.4 Å². The molecule has 0 saturated carbocycles. The predicted octanol–water partition coefficient (Wildman–Crippen LogP) is 2.79. The number of benzene rings is 2. The van der Waals surface area contributed by atoms with Gasteiger partial charge in [-0.3, -0.25) is 5.43 Å². The molecule has 0 aromatic heterocycles. The van der Waals surface area contributed by atoms with E-state index in [9.17, 15) is 16.8 Å². The fourth-order valence-corrected chi connectivity index (χ4v) is 7.25. The Hall–Kier alpha value is -2.39. The molecule has 27 heavy (non-hydrogen) atoms. The van der Waals surface area contributed by atoms with E-state index in [1.165, 1.54) is 12.1 Å². The Morgan fingerprint density at radius 2 is 1.48 bits per heavy atom. The van der Waals surface area contributed by atoms with Gasteiger partial charge >= 0.3 is 0 Å². The van der Waals surface area contributed by atoms with E-state index < -0.39 is 24.1 Å². The molecule has 1 aliphatic heterocycles. The fourth-order valence-electron chi connectivity index (χ4n) is 2.95. The van der Waals surface area contributed by atoms with Gasteiger partial charge in [-0.15, -0.1) is 0 Å². The zero-order valence-electron chi connectivity index (χ0n) is 15.3. The van der Waals surface area contributed by atoms with Crippen LogP contribution >= 0.6 is 0 Å². The molecule has 0 atom stereocenters. The highest BCUT2D eigenvalue weighted by atomic mass is 32.3. The minimum absolute atomic E-state index is 0.222. The molecule has 0 fully saturated rings. The second kappa shape index (κ2) is 6.97. The van der Waals surface area contributed by atoms with E-state index in [0.717, 1.165) is 18.8 Å². The third-order valence-corrected chi connectivity index (χ3v) is 8.81. The lowest BCUT2D eigenvalue weighted by Gasteiger charge is -2.21. The maximum Gasteiger partial charge on any atom is 0.276 e. The molecule has 144 valence electrons. The van der Waals surface area contributed by atoms with Crippen LogP contribution < -0.4 is 10.3 Å². The monoisotopic (exact) mass is 407 g/mol. The standard InChI is InChI=1S/C18H21N3O4S2/c1-4-21(5-2)15-9-7-14(8-10-15)19-20-18-26(22,23)16-11-6-13(3)12-17(16)27(18,24)25/h6-12,19H,4-5H2,1-3H3. The van der Waals surface area contributed by atoms with Gasteiger partial charge in [0.2, 0.25) is 19.7 Å². The van der Waals surface area contributed by atoms with Crippen molar-refractivity contribution in [3.8, 4) is 0 Å². The van der Waals surface area contributed by atoms with Crippen LogP contribution in [0.25, 0.3) is 0 Å². The topological polar surface area (TPSA) is 95.9 Å². The summed E-state index contributed by atoms with van der Waals surface area (Å²) in [5.74, 6) is 0. The molecule has 1 N–H and O–H groups in total. The van der Waals surface area contributed by atoms with E-state index >= 15 is 0 Å². The van der Waals surface area contributed by atoms with Crippen LogP contribution in [0, 0.1) is 6.92 Å². The normalized spacial score (nSPS) is 18.3. The summed E-state index contributed by atoms with van der Waals surface area (Å²) in [6.07, 6.45) is 0. The Bertz CT molecular complexity index is 1100. The first-order chi connectivity index (χ1) is 12.7. The molecule has 3 rings (SSSR count). The molecule has 0 aliphatic carbocycles. The summed E-state index contributed by atoms with van der Waals surface area (Å²) in [6.45, 7) is 7.53. The number of nitrogens with one attached hydrogen (secondary N) is 1. The first-order valence-electron chi connectivity index (χ1n) is 8.51. The van der Waals surface area contributed by atoms with Crippen LogP contribution in [0.2, 0.25) is 0 Å². The van der Waals surface area contributed by atoms with Gasteiger partial charge in [0.15, 0.2) is 0 Å². The van der Waals surface area contributed by atoms with Crippen LogP contribution in [0.5, 0.6) is 0 Å². The minimum Gasteiger partial charge on any atom is -0.372 e. The summed E-state index contributed by atoms with van der Waals surface area (Å²) >= 11 is 0. The summed E-state index contributed by atoms with van der Waals surface area (Å²) in [5.41, 5.74) is 4.73. The Kier molecular flexibility index (Phi) is 5.00. The molecule has 1 heterocycles. The molecule has 0 unspecified atom stereocenters. The van der Waals surface area contributed by atoms with Crippen LogP contribution in [0.4, 0.5) is 11.4 Å². The summed E-state index contributed by atoms with van der Waals surface area (Å²) in [7, 11) is -8.36. The minimum atomic E-state index is -4.18. The van der Waals surface area contributed by atoms with Gasteiger partial charge in [-0.1, -0.05) is 6.07 Å². The number of nitrogens with zero attached hydrogens (tertiary/aromatic N) is 2. The second-order valence-electron chi connectivity index (χ2n) is 6.17. The average Bonchev–Trinajstić information content (AvgIpc) is 2.77. The van der Waals surface area contributed by atoms with E-state index in [1.807, 2.05) is 12.1 Å². The van der Waals surface area contributed by atoms with Gasteiger partial charge in [-0.25, -0.2) is 16.8 Å². The molecule has 2 aromatic carbocycles. The molecular formula is C18H21N3O4S2. The highest BCUT2D eigenvalue weighted by Crippen LogP contribution is 2.35. The maximum absolute atomic E-state index is 12.6. The molecule has 0 amide bonds. The van der Waals surface area contributed by atoms with E-state index in [4.69, 9.17) is 0 Å². The van der Waals surface area contributed by atoms with Gasteiger partial charge in [0, 0.05) is 18.8 Å². The molecule has 0 radical (unpaired) electrons. The first-order valence-corrected chi connectivity index (χ1v) is 11.5. The van der Waals surface area contributed by atoms with Crippen molar-refractivity contribution < 1.29 is 16.8 Å². The number of anilines is 2. The molecular weight excluding hydrogens is 386 g/mol. The Balaban J connectivity index is 1.94. The number of hydrazone groups is 1. The van der Waals surface area contributed by atoms with Crippen molar-refractivity contribution in [2.24, 2.45) is 5.10 Å². The quantitative estimate of drug-likeness (QED) is 0.766. The van der Waals surface area contributed by atoms with Crippen molar-refractivity contribution in [3.63, 3.8) is 0 Å². The van der Waals surface area contributed by atoms with Crippen LogP contribution in [-0.4, -0.2) is 34.3 Å². The molecule has 2 aromatic rings. The van der Waals surface area contributed by atoms with E-state index in [-0.39, 0.29) is 9.79 Å². The van der Waals surface area contributed by atoms with Crippen molar-refractivity contribution in [1.29, 1.82) is 0 Å². The van der Waals surface area contributed by atoms with Crippen molar-refractivity contribution >= 4 is 35.4 Å². The highest BCUT2D eigenvalue weighted by molar-refractivity contribution is 8.33. The lowest BCUT2D eigenvalue weighted by Crippen LogP contribution is -2.21. The molecule has 0 spiro atoms. The fraction of sp³-hybridized carbons (Fsp3) is 0.278. The van der Waals surface area contributed by atoms with Gasteiger partial charge in [0.1, 0.15) is 0 Å². The van der Waals surface area contributed by atoms with Crippen molar-refractivity contribution in [2.75, 3.05) is 23.4 Å². The summed E-state index contributed by atoms with van der Waals surface area (Å²) < 4.78 is 49.6. The molecule has 0 saturated heterocycles. The average molecular weight is 408 g/mol. The Morgan fingerprint density at radius 1 is 0.889 bits per heavy atom. The number of aryl methyl sites for hydroxylation is 1. The Morgan fingerprint density at radius 3 is 2.07 bits per heavy atom. The maximum atomic E-state index is 12.6. The second-order valence-corrected chi connectivity index (χ2v) is 10.1. The summed E-state index contributed by atoms with van der Waals surface area (Å²) in [5, 5.41) is 3.74. The van der Waals surface area contributed by atoms with Gasteiger partial charge in [0.25, 0.3) is 4.38 Å². The summed E-state index contributed by atoms with van der Waals surface area (Å²) in [6, 6.07) is 11.4. The number of hydrogen-bond acceptors (Lipinski definition) is 7. The van der Waals surface area contributed by atoms with E-state index in [2.05, 4.69) is 29.3 Å². The van der Waals surface area contributed by atoms with Crippen molar-refractivity contribution in [1.82, 2.24) is 0 Å². The lowest BCUT2D eigenvalue weighted by atomic mass is 10.2. The third-order valence-electron chi connectivity index (χ3n) is 4.41. The van der Waals surface area contributed by atoms with Gasteiger partial charge < -0.3 is 4.90 Å². The molecule has 7 nitrogen and oxygen atoms in total. The van der Waals surface area contributed by atoms with Gasteiger partial charge in [0.05, 0.1) is 15.5 Å². The number of rotatable bonds is 5. The lowest BCUT2D eigenvalue weighted by molar-refractivity contribution is 0.603. The number of hydrogen-bond donors (Lipinski definition) is 1. The highest BCUT2D eigenvalue weighted by Gasteiger charge is 2.46. The molecule has 1 aliphatic rings.